The van der Waals surface area contributed by atoms with Crippen molar-refractivity contribution >= 4 is 0 Å². The topological polar surface area (TPSA) is 12.5 Å². The molecule has 0 aromatic heterocycles. The van der Waals surface area contributed by atoms with Crippen molar-refractivity contribution in [2.45, 2.75) is 53.2 Å². The van der Waals surface area contributed by atoms with Crippen LogP contribution in [0.5, 0.6) is 0 Å². The number of ether oxygens (including phenoxy) is 1. The highest BCUT2D eigenvalue weighted by atomic mass is 16.5. The van der Waals surface area contributed by atoms with E-state index in [9.17, 15) is 0 Å². The van der Waals surface area contributed by atoms with Gasteiger partial charge in [-0.15, -0.1) is 0 Å². The van der Waals surface area contributed by atoms with Crippen molar-refractivity contribution in [3.8, 4) is 0 Å². The van der Waals surface area contributed by atoms with Gasteiger partial charge in [0.25, 0.3) is 0 Å². The van der Waals surface area contributed by atoms with Gasteiger partial charge in [-0.3, -0.25) is 4.90 Å². The lowest BCUT2D eigenvalue weighted by Crippen LogP contribution is -2.38. The zero-order valence-electron chi connectivity index (χ0n) is 10.2. The van der Waals surface area contributed by atoms with E-state index in [0.717, 1.165) is 0 Å². The molecule has 0 unspecified atom stereocenters. The van der Waals surface area contributed by atoms with Gasteiger partial charge in [-0.2, -0.15) is 0 Å². The van der Waals surface area contributed by atoms with E-state index in [1.54, 1.807) is 0 Å². The first-order valence-corrected chi connectivity index (χ1v) is 5.11. The summed E-state index contributed by atoms with van der Waals surface area (Å²) in [6.45, 7) is 13.7. The van der Waals surface area contributed by atoms with Crippen molar-refractivity contribution in [3.05, 3.63) is 0 Å². The maximum atomic E-state index is 5.84. The Balaban J connectivity index is 3.88. The van der Waals surface area contributed by atoms with Crippen molar-refractivity contribution in [2.75, 3.05) is 13.8 Å². The van der Waals surface area contributed by atoms with Crippen LogP contribution in [0.15, 0.2) is 0 Å². The Hall–Kier alpha value is -0.0800. The highest BCUT2D eigenvalue weighted by Crippen LogP contribution is 2.20. The van der Waals surface area contributed by atoms with E-state index >= 15 is 0 Å². The Morgan fingerprint density at radius 3 is 1.92 bits per heavy atom. The third-order valence-electron chi connectivity index (χ3n) is 2.91. The zero-order chi connectivity index (χ0) is 10.6. The van der Waals surface area contributed by atoms with Gasteiger partial charge in [-0.1, -0.05) is 13.8 Å². The predicted octanol–water partition coefficient (Wildman–Crippen LogP) is 2.74. The van der Waals surface area contributed by atoms with Crippen LogP contribution in [0.3, 0.4) is 0 Å². The summed E-state index contributed by atoms with van der Waals surface area (Å²) in [4.78, 5) is 2.20. The summed E-state index contributed by atoms with van der Waals surface area (Å²) in [5, 5.41) is 0. The number of rotatable bonds is 5. The van der Waals surface area contributed by atoms with Crippen LogP contribution in [0.2, 0.25) is 0 Å². The smallest absolute Gasteiger partial charge is 0.0997 e. The van der Waals surface area contributed by atoms with E-state index in [1.165, 1.54) is 0 Å². The fourth-order valence-electron chi connectivity index (χ4n) is 0.584. The van der Waals surface area contributed by atoms with Gasteiger partial charge in [0.1, 0.15) is 0 Å². The maximum absolute atomic E-state index is 5.84. The van der Waals surface area contributed by atoms with Gasteiger partial charge in [-0.05, 0) is 40.7 Å². The van der Waals surface area contributed by atoms with Crippen LogP contribution in [-0.2, 0) is 4.74 Å². The molecule has 0 aliphatic carbocycles. The van der Waals surface area contributed by atoms with E-state index in [1.807, 2.05) is 0 Å². The molecule has 2 heteroatoms. The lowest BCUT2D eigenvalue weighted by Gasteiger charge is -2.32. The molecule has 0 fully saturated rings. The molecular weight excluding hydrogens is 162 g/mol. The molecule has 0 radical (unpaired) electrons. The Kier molecular flexibility index (Phi) is 4.93. The molecule has 0 heterocycles. The number of hydrogen-bond donors (Lipinski definition) is 0. The zero-order valence-corrected chi connectivity index (χ0v) is 10.2. The quantitative estimate of drug-likeness (QED) is 0.614. The summed E-state index contributed by atoms with van der Waals surface area (Å²) in [7, 11) is 2.08. The van der Waals surface area contributed by atoms with Gasteiger partial charge in [0, 0.05) is 6.04 Å². The molecule has 0 saturated heterocycles. The molecule has 0 rings (SSSR count). The van der Waals surface area contributed by atoms with Crippen LogP contribution in [0.25, 0.3) is 0 Å². The molecule has 0 amide bonds. The summed E-state index contributed by atoms with van der Waals surface area (Å²) in [5.74, 6) is 0.549. The fraction of sp³-hybridized carbons (Fsp3) is 1.00. The van der Waals surface area contributed by atoms with Gasteiger partial charge in [0.05, 0.1) is 12.3 Å². The first-order valence-electron chi connectivity index (χ1n) is 5.11. The van der Waals surface area contributed by atoms with Crippen LogP contribution in [0.1, 0.15) is 41.5 Å². The van der Waals surface area contributed by atoms with Gasteiger partial charge in [0.15, 0.2) is 0 Å². The summed E-state index contributed by atoms with van der Waals surface area (Å²) in [6.07, 6.45) is 0. The van der Waals surface area contributed by atoms with Crippen LogP contribution in [-0.4, -0.2) is 30.3 Å². The van der Waals surface area contributed by atoms with Crippen LogP contribution in [0.4, 0.5) is 0 Å². The largest absolute Gasteiger partial charge is 0.360 e. The molecule has 0 bridgehead atoms. The molecule has 0 aliphatic rings. The van der Waals surface area contributed by atoms with Gasteiger partial charge < -0.3 is 4.74 Å². The Morgan fingerprint density at radius 1 is 1.15 bits per heavy atom. The Morgan fingerprint density at radius 2 is 1.62 bits per heavy atom. The molecule has 13 heavy (non-hydrogen) atoms. The summed E-state index contributed by atoms with van der Waals surface area (Å²) in [6, 6.07) is 0.544. The minimum atomic E-state index is -0.0247. The molecule has 0 spiro atoms. The fourth-order valence-corrected chi connectivity index (χ4v) is 0.584. The first kappa shape index (κ1) is 12.9. The maximum Gasteiger partial charge on any atom is 0.0997 e. The molecule has 0 atom stereocenters. The highest BCUT2D eigenvalue weighted by molar-refractivity contribution is 4.72. The SMILES string of the molecule is CC(C)N(C)COC(C)(C)C(C)C. The van der Waals surface area contributed by atoms with Crippen LogP contribution >= 0.6 is 0 Å². The normalized spacial score (nSPS) is 13.4. The second-order valence-corrected chi connectivity index (χ2v) is 4.88. The third-order valence-corrected chi connectivity index (χ3v) is 2.91. The van der Waals surface area contributed by atoms with Crippen molar-refractivity contribution < 1.29 is 4.74 Å². The molecule has 0 aliphatic heterocycles. The second kappa shape index (κ2) is 4.97. The minimum absolute atomic E-state index is 0.0247. The number of hydrogen-bond acceptors (Lipinski definition) is 2. The lowest BCUT2D eigenvalue weighted by molar-refractivity contribution is -0.0976. The summed E-state index contributed by atoms with van der Waals surface area (Å²) < 4.78 is 5.84. The van der Waals surface area contributed by atoms with Crippen molar-refractivity contribution in [2.24, 2.45) is 5.92 Å². The lowest BCUT2D eigenvalue weighted by atomic mass is 9.95. The van der Waals surface area contributed by atoms with Crippen molar-refractivity contribution in [1.82, 2.24) is 4.90 Å². The second-order valence-electron chi connectivity index (χ2n) is 4.88. The molecule has 0 aromatic rings. The van der Waals surface area contributed by atoms with Gasteiger partial charge in [0.2, 0.25) is 0 Å². The predicted molar refractivity (Wildman–Crippen MR) is 57.8 cm³/mol. The van der Waals surface area contributed by atoms with Crippen LogP contribution < -0.4 is 0 Å². The highest BCUT2D eigenvalue weighted by Gasteiger charge is 2.23. The molecule has 0 aromatic carbocycles. The average molecular weight is 187 g/mol. The number of nitrogens with zero attached hydrogens (tertiary/aromatic N) is 1. The Bertz CT molecular complexity index is 141. The van der Waals surface area contributed by atoms with E-state index in [0.29, 0.717) is 18.7 Å². The standard InChI is InChI=1S/C11H25NO/c1-9(2)11(5,6)13-8-12(7)10(3)4/h9-10H,8H2,1-7H3. The summed E-state index contributed by atoms with van der Waals surface area (Å²) in [5.41, 5.74) is -0.0247. The molecule has 0 saturated carbocycles. The van der Waals surface area contributed by atoms with Gasteiger partial charge >= 0.3 is 0 Å². The third kappa shape index (κ3) is 4.63. The van der Waals surface area contributed by atoms with Gasteiger partial charge in [-0.25, -0.2) is 0 Å². The van der Waals surface area contributed by atoms with E-state index in [-0.39, 0.29) is 5.60 Å². The molecule has 0 N–H and O–H groups in total. The molecule has 2 nitrogen and oxygen atoms in total. The minimum Gasteiger partial charge on any atom is -0.360 e. The molecular formula is C11H25NO. The average Bonchev–Trinajstić information content (AvgIpc) is 1.99. The monoisotopic (exact) mass is 187 g/mol. The Labute approximate surface area is 83.3 Å². The van der Waals surface area contributed by atoms with Crippen molar-refractivity contribution in [3.63, 3.8) is 0 Å². The van der Waals surface area contributed by atoms with E-state index < -0.39 is 0 Å². The van der Waals surface area contributed by atoms with Crippen molar-refractivity contribution in [1.29, 1.82) is 0 Å². The van der Waals surface area contributed by atoms with E-state index in [2.05, 4.69) is 53.5 Å². The van der Waals surface area contributed by atoms with Crippen LogP contribution in [0, 0.1) is 5.92 Å². The summed E-state index contributed by atoms with van der Waals surface area (Å²) >= 11 is 0. The molecule has 80 valence electrons. The van der Waals surface area contributed by atoms with E-state index in [4.69, 9.17) is 4.74 Å². The first-order chi connectivity index (χ1) is 5.77.